The molecule has 8 aromatic carbocycles. The Morgan fingerprint density at radius 2 is 1.06 bits per heavy atom. The molecular formula is C49H35NO. The van der Waals surface area contributed by atoms with Crippen LogP contribution in [0.4, 0.5) is 17.1 Å². The molecule has 0 atom stereocenters. The molecule has 0 spiro atoms. The van der Waals surface area contributed by atoms with Gasteiger partial charge in [-0.05, 0) is 92.2 Å². The number of benzene rings is 8. The van der Waals surface area contributed by atoms with Crippen LogP contribution in [-0.4, -0.2) is 0 Å². The van der Waals surface area contributed by atoms with Crippen molar-refractivity contribution < 1.29 is 4.42 Å². The molecule has 0 saturated carbocycles. The Hall–Kier alpha value is -6.38. The van der Waals surface area contributed by atoms with Gasteiger partial charge in [-0.3, -0.25) is 0 Å². The molecule has 10 rings (SSSR count). The molecule has 9 aromatic rings. The molecule has 0 amide bonds. The fourth-order valence-electron chi connectivity index (χ4n) is 8.40. The second-order valence-electron chi connectivity index (χ2n) is 14.1. The van der Waals surface area contributed by atoms with Gasteiger partial charge in [-0.15, -0.1) is 0 Å². The zero-order valence-corrected chi connectivity index (χ0v) is 28.6. The van der Waals surface area contributed by atoms with Crippen molar-refractivity contribution in [3.8, 4) is 33.4 Å². The van der Waals surface area contributed by atoms with Gasteiger partial charge in [-0.1, -0.05) is 147 Å². The summed E-state index contributed by atoms with van der Waals surface area (Å²) >= 11 is 0. The summed E-state index contributed by atoms with van der Waals surface area (Å²) in [6, 6.07) is 63.7. The zero-order valence-electron chi connectivity index (χ0n) is 28.6. The van der Waals surface area contributed by atoms with Crippen LogP contribution in [-0.2, 0) is 5.41 Å². The van der Waals surface area contributed by atoms with Crippen LogP contribution in [0, 0.1) is 0 Å². The number of anilines is 3. The summed E-state index contributed by atoms with van der Waals surface area (Å²) in [5.74, 6) is 0. The first-order valence-corrected chi connectivity index (χ1v) is 17.7. The number of hydrogen-bond acceptors (Lipinski definition) is 2. The SMILES string of the molecule is CC1(C)c2ccccc2-c2ccc(N(c3ccc(-c4ccccc4)cc3)c3ccccc3-c3cccc4c3ccc3oc5ccccc5c34)cc21. The molecule has 0 fully saturated rings. The van der Waals surface area contributed by atoms with Crippen LogP contribution in [0.5, 0.6) is 0 Å². The topological polar surface area (TPSA) is 16.4 Å². The first-order valence-electron chi connectivity index (χ1n) is 17.7. The highest BCUT2D eigenvalue weighted by molar-refractivity contribution is 6.21. The van der Waals surface area contributed by atoms with Crippen molar-refractivity contribution in [2.24, 2.45) is 0 Å². The quantitative estimate of drug-likeness (QED) is 0.184. The standard InChI is InChI=1S/C49H35NO/c1-49(2)43-20-9-6-15-38(43)39-28-27-35(31-44(39)49)50(34-25-23-33(24-26-34)32-13-4-3-5-14-32)45-21-10-7-16-40(45)36-18-12-19-41-37(36)29-30-47-48(41)42-17-8-11-22-46(42)51-47/h3-31H,1-2H3. The van der Waals surface area contributed by atoms with E-state index in [9.17, 15) is 0 Å². The number of para-hydroxylation sites is 2. The van der Waals surface area contributed by atoms with Crippen molar-refractivity contribution in [3.63, 3.8) is 0 Å². The van der Waals surface area contributed by atoms with Gasteiger partial charge in [-0.25, -0.2) is 0 Å². The highest BCUT2D eigenvalue weighted by Crippen LogP contribution is 2.51. The lowest BCUT2D eigenvalue weighted by Crippen LogP contribution is -2.16. The van der Waals surface area contributed by atoms with Gasteiger partial charge >= 0.3 is 0 Å². The van der Waals surface area contributed by atoms with E-state index in [1.54, 1.807) is 0 Å². The Bertz CT molecular complexity index is 2770. The minimum absolute atomic E-state index is 0.112. The fraction of sp³-hybridized carbons (Fsp3) is 0.0612. The molecule has 0 aliphatic heterocycles. The minimum atomic E-state index is -0.112. The van der Waals surface area contributed by atoms with Crippen molar-refractivity contribution in [2.45, 2.75) is 19.3 Å². The van der Waals surface area contributed by atoms with Crippen molar-refractivity contribution in [1.82, 2.24) is 0 Å². The predicted octanol–water partition coefficient (Wildman–Crippen LogP) is 13.8. The second kappa shape index (κ2) is 11.3. The van der Waals surface area contributed by atoms with E-state index in [-0.39, 0.29) is 5.41 Å². The molecule has 51 heavy (non-hydrogen) atoms. The minimum Gasteiger partial charge on any atom is -0.456 e. The third kappa shape index (κ3) is 4.57. The van der Waals surface area contributed by atoms with Crippen LogP contribution in [0.2, 0.25) is 0 Å². The van der Waals surface area contributed by atoms with Gasteiger partial charge in [0.25, 0.3) is 0 Å². The second-order valence-corrected chi connectivity index (χ2v) is 14.1. The lowest BCUT2D eigenvalue weighted by Gasteiger charge is -2.30. The summed E-state index contributed by atoms with van der Waals surface area (Å²) in [5, 5.41) is 4.70. The number of rotatable bonds is 5. The Balaban J connectivity index is 1.19. The lowest BCUT2D eigenvalue weighted by atomic mass is 9.82. The Morgan fingerprint density at radius 1 is 0.412 bits per heavy atom. The molecule has 2 heteroatoms. The predicted molar refractivity (Wildman–Crippen MR) is 214 cm³/mol. The maximum absolute atomic E-state index is 6.29. The fourth-order valence-corrected chi connectivity index (χ4v) is 8.40. The number of nitrogens with zero attached hydrogens (tertiary/aromatic N) is 1. The third-order valence-corrected chi connectivity index (χ3v) is 10.9. The van der Waals surface area contributed by atoms with E-state index in [0.29, 0.717) is 0 Å². The summed E-state index contributed by atoms with van der Waals surface area (Å²) in [4.78, 5) is 2.44. The maximum Gasteiger partial charge on any atom is 0.136 e. The van der Waals surface area contributed by atoms with Crippen LogP contribution in [0.15, 0.2) is 180 Å². The van der Waals surface area contributed by atoms with Crippen molar-refractivity contribution >= 4 is 49.8 Å². The normalized spacial score (nSPS) is 13.1. The summed E-state index contributed by atoms with van der Waals surface area (Å²) in [6.45, 7) is 4.70. The Kier molecular flexibility index (Phi) is 6.56. The molecule has 0 bridgehead atoms. The summed E-state index contributed by atoms with van der Waals surface area (Å²) in [7, 11) is 0. The highest BCUT2D eigenvalue weighted by atomic mass is 16.3. The monoisotopic (exact) mass is 653 g/mol. The molecular weight excluding hydrogens is 619 g/mol. The molecule has 1 aliphatic carbocycles. The third-order valence-electron chi connectivity index (χ3n) is 10.9. The first-order chi connectivity index (χ1) is 25.1. The summed E-state index contributed by atoms with van der Waals surface area (Å²) in [6.07, 6.45) is 0. The molecule has 1 aliphatic rings. The Labute approximate surface area is 297 Å². The summed E-state index contributed by atoms with van der Waals surface area (Å²) in [5.41, 5.74) is 15.2. The van der Waals surface area contributed by atoms with Crippen molar-refractivity contribution in [1.29, 1.82) is 0 Å². The zero-order chi connectivity index (χ0) is 34.1. The van der Waals surface area contributed by atoms with Gasteiger partial charge in [0.2, 0.25) is 0 Å². The van der Waals surface area contributed by atoms with Crippen LogP contribution in [0.3, 0.4) is 0 Å². The van der Waals surface area contributed by atoms with Gasteiger partial charge in [0.15, 0.2) is 0 Å². The van der Waals surface area contributed by atoms with E-state index >= 15 is 0 Å². The largest absolute Gasteiger partial charge is 0.456 e. The molecule has 2 nitrogen and oxygen atoms in total. The Morgan fingerprint density at radius 3 is 1.92 bits per heavy atom. The van der Waals surface area contributed by atoms with Gasteiger partial charge in [-0.2, -0.15) is 0 Å². The highest BCUT2D eigenvalue weighted by Gasteiger charge is 2.36. The average Bonchev–Trinajstić information content (AvgIpc) is 3.68. The van der Waals surface area contributed by atoms with Crippen molar-refractivity contribution in [2.75, 3.05) is 4.90 Å². The molecule has 0 N–H and O–H groups in total. The van der Waals surface area contributed by atoms with E-state index in [1.807, 2.05) is 6.07 Å². The van der Waals surface area contributed by atoms with E-state index in [4.69, 9.17) is 4.42 Å². The molecule has 1 aromatic heterocycles. The van der Waals surface area contributed by atoms with E-state index < -0.39 is 0 Å². The molecule has 0 unspecified atom stereocenters. The van der Waals surface area contributed by atoms with Gasteiger partial charge in [0.05, 0.1) is 5.69 Å². The molecule has 0 radical (unpaired) electrons. The average molecular weight is 654 g/mol. The maximum atomic E-state index is 6.29. The molecule has 0 saturated heterocycles. The van der Waals surface area contributed by atoms with Gasteiger partial charge < -0.3 is 9.32 Å². The van der Waals surface area contributed by atoms with Gasteiger partial charge in [0, 0.05) is 33.1 Å². The first kappa shape index (κ1) is 29.5. The number of hydrogen-bond donors (Lipinski definition) is 0. The number of furan rings is 1. The van der Waals surface area contributed by atoms with E-state index in [0.717, 1.165) is 39.0 Å². The van der Waals surface area contributed by atoms with E-state index in [1.165, 1.54) is 55.3 Å². The van der Waals surface area contributed by atoms with Gasteiger partial charge in [0.1, 0.15) is 11.2 Å². The van der Waals surface area contributed by atoms with E-state index in [2.05, 4.69) is 189 Å². The van der Waals surface area contributed by atoms with Crippen molar-refractivity contribution in [3.05, 3.63) is 187 Å². The van der Waals surface area contributed by atoms with Crippen LogP contribution >= 0.6 is 0 Å². The smallest absolute Gasteiger partial charge is 0.136 e. The molecule has 1 heterocycles. The number of fused-ring (bicyclic) bond motifs is 8. The van der Waals surface area contributed by atoms with Crippen LogP contribution in [0.1, 0.15) is 25.0 Å². The summed E-state index contributed by atoms with van der Waals surface area (Å²) < 4.78 is 6.29. The van der Waals surface area contributed by atoms with Crippen LogP contribution in [0.25, 0.3) is 66.1 Å². The lowest BCUT2D eigenvalue weighted by molar-refractivity contribution is 0.660. The van der Waals surface area contributed by atoms with Crippen LogP contribution < -0.4 is 4.90 Å². The molecule has 242 valence electrons.